The zero-order valence-electron chi connectivity index (χ0n) is 12.6. The van der Waals surface area contributed by atoms with Crippen LogP contribution in [0.5, 0.6) is 0 Å². The zero-order valence-corrected chi connectivity index (χ0v) is 14.2. The van der Waals surface area contributed by atoms with Crippen molar-refractivity contribution in [1.82, 2.24) is 10.2 Å². The van der Waals surface area contributed by atoms with Gasteiger partial charge in [-0.2, -0.15) is 0 Å². The van der Waals surface area contributed by atoms with E-state index in [1.54, 1.807) is 6.07 Å². The van der Waals surface area contributed by atoms with Crippen molar-refractivity contribution in [3.05, 3.63) is 22.6 Å². The highest BCUT2D eigenvalue weighted by atomic mass is 79.9. The van der Waals surface area contributed by atoms with Crippen LogP contribution < -0.4 is 5.32 Å². The SMILES string of the molecule is CC(C)C[C@H](NC(=O)CN(C)C(=O)c1ccc(Br)o1)C(=O)O. The van der Waals surface area contributed by atoms with Gasteiger partial charge >= 0.3 is 5.97 Å². The van der Waals surface area contributed by atoms with E-state index in [2.05, 4.69) is 21.2 Å². The van der Waals surface area contributed by atoms with Crippen LogP contribution in [0.1, 0.15) is 30.8 Å². The molecule has 2 amide bonds. The quantitative estimate of drug-likeness (QED) is 0.756. The molecule has 0 aliphatic heterocycles. The molecular weight excluding hydrogens is 356 g/mol. The van der Waals surface area contributed by atoms with E-state index in [9.17, 15) is 14.4 Å². The van der Waals surface area contributed by atoms with Crippen molar-refractivity contribution >= 4 is 33.7 Å². The Morgan fingerprint density at radius 3 is 2.45 bits per heavy atom. The van der Waals surface area contributed by atoms with Crippen molar-refractivity contribution in [1.29, 1.82) is 0 Å². The first-order valence-electron chi connectivity index (χ1n) is 6.73. The third-order valence-corrected chi connectivity index (χ3v) is 3.28. The predicted molar refractivity (Wildman–Crippen MR) is 82.4 cm³/mol. The van der Waals surface area contributed by atoms with Crippen LogP contribution in [0.3, 0.4) is 0 Å². The molecule has 7 nitrogen and oxygen atoms in total. The Labute approximate surface area is 136 Å². The molecule has 1 rings (SSSR count). The van der Waals surface area contributed by atoms with Crippen LogP contribution in [0, 0.1) is 5.92 Å². The number of carbonyl (C=O) groups excluding carboxylic acids is 2. The number of aliphatic carboxylic acids is 1. The van der Waals surface area contributed by atoms with E-state index in [0.717, 1.165) is 4.90 Å². The Morgan fingerprint density at radius 1 is 1.36 bits per heavy atom. The lowest BCUT2D eigenvalue weighted by Crippen LogP contribution is -2.46. The van der Waals surface area contributed by atoms with Crippen LogP contribution in [-0.4, -0.2) is 47.4 Å². The van der Waals surface area contributed by atoms with Crippen LogP contribution in [0.4, 0.5) is 0 Å². The molecule has 0 unspecified atom stereocenters. The minimum atomic E-state index is -1.09. The van der Waals surface area contributed by atoms with Crippen molar-refractivity contribution < 1.29 is 23.9 Å². The molecule has 0 saturated heterocycles. The van der Waals surface area contributed by atoms with Gasteiger partial charge in [0.1, 0.15) is 6.04 Å². The topological polar surface area (TPSA) is 99.9 Å². The largest absolute Gasteiger partial charge is 0.480 e. The summed E-state index contributed by atoms with van der Waals surface area (Å²) in [5.41, 5.74) is 0. The first-order chi connectivity index (χ1) is 10.2. The normalized spacial score (nSPS) is 12.0. The molecule has 22 heavy (non-hydrogen) atoms. The summed E-state index contributed by atoms with van der Waals surface area (Å²) in [4.78, 5) is 36.1. The fourth-order valence-electron chi connectivity index (χ4n) is 1.84. The Bertz CT molecular complexity index is 555. The van der Waals surface area contributed by atoms with Crippen molar-refractivity contribution in [2.24, 2.45) is 5.92 Å². The molecule has 1 aromatic rings. The van der Waals surface area contributed by atoms with E-state index >= 15 is 0 Å². The molecule has 0 bridgehead atoms. The molecule has 0 aromatic carbocycles. The molecule has 1 heterocycles. The van der Waals surface area contributed by atoms with Gasteiger partial charge in [0.25, 0.3) is 5.91 Å². The number of carbonyl (C=O) groups is 3. The van der Waals surface area contributed by atoms with Crippen LogP contribution >= 0.6 is 15.9 Å². The molecular formula is C14H19BrN2O5. The average Bonchev–Trinajstić information content (AvgIpc) is 2.82. The molecule has 8 heteroatoms. The minimum absolute atomic E-state index is 0.0964. The number of likely N-dealkylation sites (N-methyl/N-ethyl adjacent to an activating group) is 1. The van der Waals surface area contributed by atoms with Crippen molar-refractivity contribution in [2.75, 3.05) is 13.6 Å². The summed E-state index contributed by atoms with van der Waals surface area (Å²) < 4.78 is 5.53. The number of carboxylic acid groups (broad SMARTS) is 1. The number of hydrogen-bond acceptors (Lipinski definition) is 4. The lowest BCUT2D eigenvalue weighted by molar-refractivity contribution is -0.142. The van der Waals surface area contributed by atoms with E-state index in [-0.39, 0.29) is 18.2 Å². The highest BCUT2D eigenvalue weighted by Gasteiger charge is 2.23. The number of carboxylic acids is 1. The van der Waals surface area contributed by atoms with E-state index in [1.165, 1.54) is 13.1 Å². The summed E-state index contributed by atoms with van der Waals surface area (Å²) in [5.74, 6) is -1.86. The van der Waals surface area contributed by atoms with Gasteiger partial charge < -0.3 is 19.7 Å². The van der Waals surface area contributed by atoms with Crippen LogP contribution in [-0.2, 0) is 9.59 Å². The van der Waals surface area contributed by atoms with Crippen molar-refractivity contribution in [3.63, 3.8) is 0 Å². The number of rotatable bonds is 7. The zero-order chi connectivity index (χ0) is 16.9. The first-order valence-corrected chi connectivity index (χ1v) is 7.53. The van der Waals surface area contributed by atoms with Crippen molar-refractivity contribution in [2.45, 2.75) is 26.3 Å². The molecule has 122 valence electrons. The van der Waals surface area contributed by atoms with E-state index in [4.69, 9.17) is 9.52 Å². The summed E-state index contributed by atoms with van der Waals surface area (Å²) in [7, 11) is 1.44. The summed E-state index contributed by atoms with van der Waals surface area (Å²) in [6, 6.07) is 2.10. The first kappa shape index (κ1) is 18.2. The van der Waals surface area contributed by atoms with Crippen LogP contribution in [0.25, 0.3) is 0 Å². The molecule has 0 radical (unpaired) electrons. The monoisotopic (exact) mass is 374 g/mol. The third kappa shape index (κ3) is 5.51. The van der Waals surface area contributed by atoms with Gasteiger partial charge in [-0.15, -0.1) is 0 Å². The number of amides is 2. The van der Waals surface area contributed by atoms with Crippen LogP contribution in [0.2, 0.25) is 0 Å². The number of furan rings is 1. The van der Waals surface area contributed by atoms with Crippen LogP contribution in [0.15, 0.2) is 21.2 Å². The number of nitrogens with one attached hydrogen (secondary N) is 1. The maximum absolute atomic E-state index is 12.0. The second-order valence-corrected chi connectivity index (χ2v) is 6.13. The predicted octanol–water partition coefficient (Wildman–Crippen LogP) is 1.73. The highest BCUT2D eigenvalue weighted by molar-refractivity contribution is 9.10. The molecule has 2 N–H and O–H groups in total. The molecule has 1 aromatic heterocycles. The lowest BCUT2D eigenvalue weighted by Gasteiger charge is -2.19. The fraction of sp³-hybridized carbons (Fsp3) is 0.500. The van der Waals surface area contributed by atoms with Gasteiger partial charge in [0.15, 0.2) is 10.4 Å². The van der Waals surface area contributed by atoms with E-state index < -0.39 is 23.8 Å². The lowest BCUT2D eigenvalue weighted by atomic mass is 10.0. The Hall–Kier alpha value is -1.83. The minimum Gasteiger partial charge on any atom is -0.480 e. The van der Waals surface area contributed by atoms with E-state index in [1.807, 2.05) is 13.8 Å². The summed E-state index contributed by atoms with van der Waals surface area (Å²) in [6.07, 6.45) is 0.323. The summed E-state index contributed by atoms with van der Waals surface area (Å²) >= 11 is 3.09. The molecule has 0 spiro atoms. The van der Waals surface area contributed by atoms with Gasteiger partial charge in [-0.25, -0.2) is 4.79 Å². The standard InChI is InChI=1S/C14H19BrN2O5/c1-8(2)6-9(14(20)21)16-12(18)7-17(3)13(19)10-4-5-11(15)22-10/h4-5,8-9H,6-7H2,1-3H3,(H,16,18)(H,20,21)/t9-/m0/s1. The van der Waals surface area contributed by atoms with Gasteiger partial charge in [-0.3, -0.25) is 9.59 Å². The molecule has 0 aliphatic rings. The maximum Gasteiger partial charge on any atom is 0.326 e. The number of halogens is 1. The number of hydrogen-bond donors (Lipinski definition) is 2. The Balaban J connectivity index is 2.59. The smallest absolute Gasteiger partial charge is 0.326 e. The summed E-state index contributed by atoms with van der Waals surface area (Å²) in [6.45, 7) is 3.48. The molecule has 0 saturated carbocycles. The second kappa shape index (κ2) is 7.98. The van der Waals surface area contributed by atoms with Gasteiger partial charge in [-0.1, -0.05) is 13.8 Å². The third-order valence-electron chi connectivity index (χ3n) is 2.85. The average molecular weight is 375 g/mol. The summed E-state index contributed by atoms with van der Waals surface area (Å²) in [5, 5.41) is 11.5. The van der Waals surface area contributed by atoms with Gasteiger partial charge in [0.2, 0.25) is 5.91 Å². The molecule has 0 fully saturated rings. The number of nitrogens with zero attached hydrogens (tertiary/aromatic N) is 1. The van der Waals surface area contributed by atoms with Crippen molar-refractivity contribution in [3.8, 4) is 0 Å². The Morgan fingerprint density at radius 2 is 2.00 bits per heavy atom. The maximum atomic E-state index is 12.0. The highest BCUT2D eigenvalue weighted by Crippen LogP contribution is 2.15. The second-order valence-electron chi connectivity index (χ2n) is 5.35. The molecule has 1 atom stereocenters. The van der Waals surface area contributed by atoms with Gasteiger partial charge in [0.05, 0.1) is 6.54 Å². The van der Waals surface area contributed by atoms with Gasteiger partial charge in [-0.05, 0) is 40.4 Å². The molecule has 0 aliphatic carbocycles. The van der Waals surface area contributed by atoms with E-state index in [0.29, 0.717) is 11.1 Å². The Kier molecular flexibility index (Phi) is 6.61. The van der Waals surface area contributed by atoms with Gasteiger partial charge in [0, 0.05) is 7.05 Å². The fourth-order valence-corrected chi connectivity index (χ4v) is 2.14.